The van der Waals surface area contributed by atoms with Crippen LogP contribution in [-0.2, 0) is 11.2 Å². The summed E-state index contributed by atoms with van der Waals surface area (Å²) in [7, 11) is 0. The number of carboxylic acid groups (broad SMARTS) is 1. The van der Waals surface area contributed by atoms with E-state index in [0.717, 1.165) is 18.6 Å². The van der Waals surface area contributed by atoms with Crippen LogP contribution in [0.3, 0.4) is 0 Å². The van der Waals surface area contributed by atoms with Crippen molar-refractivity contribution >= 4 is 5.97 Å². The Kier molecular flexibility index (Phi) is 3.81. The maximum Gasteiger partial charge on any atom is 0.341 e. The average Bonchev–Trinajstić information content (AvgIpc) is 2.98. The molecule has 20 heavy (non-hydrogen) atoms. The maximum atomic E-state index is 10.5. The van der Waals surface area contributed by atoms with Gasteiger partial charge in [0.1, 0.15) is 17.6 Å². The third kappa shape index (κ3) is 2.89. The molecule has 1 saturated carbocycles. The molecule has 1 atom stereocenters. The number of ether oxygens (including phenoxy) is 2. The summed E-state index contributed by atoms with van der Waals surface area (Å²) in [5, 5.41) is 8.64. The molecule has 1 fully saturated rings. The number of aliphatic carboxylic acids is 1. The molecule has 1 unspecified atom stereocenters. The van der Waals surface area contributed by atoms with Gasteiger partial charge in [-0.05, 0) is 43.2 Å². The lowest BCUT2D eigenvalue weighted by Gasteiger charge is -2.30. The van der Waals surface area contributed by atoms with Crippen LogP contribution < -0.4 is 9.47 Å². The molecule has 0 amide bonds. The van der Waals surface area contributed by atoms with Gasteiger partial charge in [-0.1, -0.05) is 18.9 Å². The second kappa shape index (κ2) is 5.73. The molecule has 1 aromatic rings. The summed E-state index contributed by atoms with van der Waals surface area (Å²) >= 11 is 0. The summed E-state index contributed by atoms with van der Waals surface area (Å²) in [6.07, 6.45) is 7.63. The lowest BCUT2D eigenvalue weighted by atomic mass is 9.92. The number of carbonyl (C=O) groups is 1. The average molecular weight is 276 g/mol. The van der Waals surface area contributed by atoms with Gasteiger partial charge in [-0.3, -0.25) is 0 Å². The highest BCUT2D eigenvalue weighted by atomic mass is 16.5. The van der Waals surface area contributed by atoms with Gasteiger partial charge in [0.05, 0.1) is 0 Å². The first-order chi connectivity index (χ1) is 9.72. The van der Waals surface area contributed by atoms with Crippen molar-refractivity contribution in [3.05, 3.63) is 23.8 Å². The summed E-state index contributed by atoms with van der Waals surface area (Å²) in [6.45, 7) is -0.315. The summed E-state index contributed by atoms with van der Waals surface area (Å²) in [5.74, 6) is 1.16. The van der Waals surface area contributed by atoms with Crippen molar-refractivity contribution in [2.75, 3.05) is 6.61 Å². The molecule has 1 aliphatic heterocycles. The number of benzene rings is 1. The fourth-order valence-corrected chi connectivity index (χ4v) is 3.27. The Morgan fingerprint density at radius 2 is 2.10 bits per heavy atom. The SMILES string of the molecule is O=C(O)COc1ccc2c(c1)OC(C1CCCC1)CC2. The molecular formula is C16H20O4. The largest absolute Gasteiger partial charge is 0.490 e. The van der Waals surface area contributed by atoms with E-state index in [2.05, 4.69) is 0 Å². The van der Waals surface area contributed by atoms with E-state index in [1.807, 2.05) is 18.2 Å². The predicted molar refractivity (Wildman–Crippen MR) is 74.3 cm³/mol. The van der Waals surface area contributed by atoms with Crippen LogP contribution in [0.15, 0.2) is 18.2 Å². The normalized spacial score (nSPS) is 22.1. The molecule has 1 heterocycles. The van der Waals surface area contributed by atoms with Gasteiger partial charge in [-0.2, -0.15) is 0 Å². The Morgan fingerprint density at radius 1 is 1.30 bits per heavy atom. The molecule has 1 aliphatic carbocycles. The third-order valence-electron chi connectivity index (χ3n) is 4.30. The van der Waals surface area contributed by atoms with E-state index in [1.54, 1.807) is 0 Å². The lowest BCUT2D eigenvalue weighted by molar-refractivity contribution is -0.139. The van der Waals surface area contributed by atoms with E-state index < -0.39 is 5.97 Å². The van der Waals surface area contributed by atoms with Crippen LogP contribution in [0.4, 0.5) is 0 Å². The highest BCUT2D eigenvalue weighted by molar-refractivity contribution is 5.68. The van der Waals surface area contributed by atoms with Crippen LogP contribution in [0, 0.1) is 5.92 Å². The highest BCUT2D eigenvalue weighted by Gasteiger charge is 2.30. The lowest BCUT2D eigenvalue weighted by Crippen LogP contribution is -2.29. The Hall–Kier alpha value is -1.71. The number of fused-ring (bicyclic) bond motifs is 1. The third-order valence-corrected chi connectivity index (χ3v) is 4.30. The van der Waals surface area contributed by atoms with E-state index in [-0.39, 0.29) is 6.61 Å². The van der Waals surface area contributed by atoms with Crippen LogP contribution in [-0.4, -0.2) is 23.8 Å². The molecule has 1 aromatic carbocycles. The van der Waals surface area contributed by atoms with Crippen molar-refractivity contribution in [1.82, 2.24) is 0 Å². The van der Waals surface area contributed by atoms with Gasteiger partial charge in [0.25, 0.3) is 0 Å². The minimum absolute atomic E-state index is 0.315. The number of aryl methyl sites for hydroxylation is 1. The van der Waals surface area contributed by atoms with Gasteiger partial charge in [-0.15, -0.1) is 0 Å². The van der Waals surface area contributed by atoms with Crippen molar-refractivity contribution in [2.24, 2.45) is 5.92 Å². The Bertz CT molecular complexity index is 491. The summed E-state index contributed by atoms with van der Waals surface area (Å²) in [6, 6.07) is 5.64. The van der Waals surface area contributed by atoms with Gasteiger partial charge in [0.2, 0.25) is 0 Å². The van der Waals surface area contributed by atoms with Gasteiger partial charge in [0.15, 0.2) is 6.61 Å². The minimum atomic E-state index is -0.965. The molecule has 4 heteroatoms. The van der Waals surface area contributed by atoms with Crippen molar-refractivity contribution in [3.63, 3.8) is 0 Å². The van der Waals surface area contributed by atoms with Crippen LogP contribution in [0.1, 0.15) is 37.7 Å². The molecule has 4 nitrogen and oxygen atoms in total. The zero-order valence-corrected chi connectivity index (χ0v) is 11.5. The molecule has 0 spiro atoms. The first-order valence-corrected chi connectivity index (χ1v) is 7.36. The number of hydrogen-bond acceptors (Lipinski definition) is 3. The van der Waals surface area contributed by atoms with Crippen molar-refractivity contribution in [2.45, 2.75) is 44.6 Å². The zero-order valence-electron chi connectivity index (χ0n) is 11.5. The molecule has 108 valence electrons. The van der Waals surface area contributed by atoms with E-state index in [9.17, 15) is 4.79 Å². The Labute approximate surface area is 118 Å². The Morgan fingerprint density at radius 3 is 2.85 bits per heavy atom. The van der Waals surface area contributed by atoms with Gasteiger partial charge in [-0.25, -0.2) is 4.79 Å². The van der Waals surface area contributed by atoms with Gasteiger partial charge in [0, 0.05) is 6.07 Å². The number of rotatable bonds is 4. The standard InChI is InChI=1S/C16H20O4/c17-16(18)10-19-13-7-5-12-6-8-14(20-15(12)9-13)11-3-1-2-4-11/h5,7,9,11,14H,1-4,6,8,10H2,(H,17,18). The number of carboxylic acids is 1. The van der Waals surface area contributed by atoms with Crippen molar-refractivity contribution in [3.8, 4) is 11.5 Å². The van der Waals surface area contributed by atoms with Crippen molar-refractivity contribution in [1.29, 1.82) is 0 Å². The monoisotopic (exact) mass is 276 g/mol. The van der Waals surface area contributed by atoms with E-state index in [0.29, 0.717) is 17.8 Å². The van der Waals surface area contributed by atoms with Gasteiger partial charge >= 0.3 is 5.97 Å². The second-order valence-corrected chi connectivity index (χ2v) is 5.69. The fourth-order valence-electron chi connectivity index (χ4n) is 3.27. The molecule has 0 radical (unpaired) electrons. The predicted octanol–water partition coefficient (Wildman–Crippen LogP) is 3.03. The molecule has 2 aliphatic rings. The smallest absolute Gasteiger partial charge is 0.341 e. The molecule has 0 saturated heterocycles. The maximum absolute atomic E-state index is 10.5. The zero-order chi connectivity index (χ0) is 13.9. The van der Waals surface area contributed by atoms with E-state index >= 15 is 0 Å². The molecule has 3 rings (SSSR count). The minimum Gasteiger partial charge on any atom is -0.490 e. The molecule has 0 aromatic heterocycles. The highest BCUT2D eigenvalue weighted by Crippen LogP contribution is 2.38. The van der Waals surface area contributed by atoms with E-state index in [4.69, 9.17) is 14.6 Å². The summed E-state index contributed by atoms with van der Waals surface area (Å²) in [5.41, 5.74) is 1.20. The van der Waals surface area contributed by atoms with Crippen LogP contribution in [0.2, 0.25) is 0 Å². The molecular weight excluding hydrogens is 256 g/mol. The van der Waals surface area contributed by atoms with Crippen molar-refractivity contribution < 1.29 is 19.4 Å². The Balaban J connectivity index is 1.70. The quantitative estimate of drug-likeness (QED) is 0.918. The fraction of sp³-hybridized carbons (Fsp3) is 0.562. The van der Waals surface area contributed by atoms with E-state index in [1.165, 1.54) is 31.2 Å². The van der Waals surface area contributed by atoms with Gasteiger partial charge < -0.3 is 14.6 Å². The topological polar surface area (TPSA) is 55.8 Å². The first-order valence-electron chi connectivity index (χ1n) is 7.36. The number of hydrogen-bond donors (Lipinski definition) is 1. The molecule has 1 N–H and O–H groups in total. The summed E-state index contributed by atoms with van der Waals surface area (Å²) < 4.78 is 11.4. The van der Waals surface area contributed by atoms with Crippen LogP contribution in [0.25, 0.3) is 0 Å². The second-order valence-electron chi connectivity index (χ2n) is 5.69. The van der Waals surface area contributed by atoms with Crippen LogP contribution in [0.5, 0.6) is 11.5 Å². The summed E-state index contributed by atoms with van der Waals surface area (Å²) in [4.78, 5) is 10.5. The molecule has 0 bridgehead atoms. The van der Waals surface area contributed by atoms with Crippen LogP contribution >= 0.6 is 0 Å². The first kappa shape index (κ1) is 13.3.